The van der Waals surface area contributed by atoms with Crippen molar-refractivity contribution in [2.75, 3.05) is 0 Å². The van der Waals surface area contributed by atoms with Gasteiger partial charge in [0.15, 0.2) is 10.6 Å². The summed E-state index contributed by atoms with van der Waals surface area (Å²) in [7, 11) is -4.14. The zero-order valence-corrected chi connectivity index (χ0v) is 19.0. The van der Waals surface area contributed by atoms with Gasteiger partial charge in [-0.2, -0.15) is 13.2 Å². The van der Waals surface area contributed by atoms with Crippen molar-refractivity contribution in [3.63, 3.8) is 0 Å². The molecule has 0 radical (unpaired) electrons. The van der Waals surface area contributed by atoms with Gasteiger partial charge < -0.3 is 15.5 Å². The maximum atomic E-state index is 13.7. The molecule has 0 spiro atoms. The highest BCUT2D eigenvalue weighted by molar-refractivity contribution is 7.91. The van der Waals surface area contributed by atoms with Gasteiger partial charge >= 0.3 is 6.18 Å². The van der Waals surface area contributed by atoms with Crippen molar-refractivity contribution >= 4 is 27.3 Å². The van der Waals surface area contributed by atoms with E-state index < -0.39 is 49.9 Å². The van der Waals surface area contributed by atoms with Crippen molar-refractivity contribution in [2.24, 2.45) is 0 Å². The summed E-state index contributed by atoms with van der Waals surface area (Å²) in [6.07, 6.45) is -3.96. The molecule has 3 rings (SSSR count). The fraction of sp³-hybridized carbons (Fsp3) is 0.182. The zero-order valence-electron chi connectivity index (χ0n) is 17.4. The van der Waals surface area contributed by atoms with Gasteiger partial charge in [-0.1, -0.05) is 35.9 Å². The van der Waals surface area contributed by atoms with Crippen molar-refractivity contribution in [1.29, 1.82) is 0 Å². The molecule has 1 heterocycles. The highest BCUT2D eigenvalue weighted by Gasteiger charge is 2.56. The van der Waals surface area contributed by atoms with E-state index in [0.717, 1.165) is 24.3 Å². The van der Waals surface area contributed by atoms with Crippen LogP contribution in [0, 0.1) is 0 Å². The van der Waals surface area contributed by atoms with E-state index in [-0.39, 0.29) is 15.5 Å². The molecule has 2 aromatic carbocycles. The van der Waals surface area contributed by atoms with E-state index in [9.17, 15) is 36.6 Å². The van der Waals surface area contributed by atoms with Crippen molar-refractivity contribution in [3.8, 4) is 5.75 Å². The molecule has 1 aromatic heterocycles. The minimum atomic E-state index is -5.22. The van der Waals surface area contributed by atoms with E-state index >= 15 is 0 Å². The molecule has 2 unspecified atom stereocenters. The maximum absolute atomic E-state index is 13.7. The van der Waals surface area contributed by atoms with Crippen LogP contribution in [-0.2, 0) is 9.84 Å². The molecule has 1 amide bonds. The largest absolute Gasteiger partial charge is 0.507 e. The molecule has 2 atom stereocenters. The van der Waals surface area contributed by atoms with Gasteiger partial charge in [-0.3, -0.25) is 4.79 Å². The molecule has 180 valence electrons. The van der Waals surface area contributed by atoms with Crippen molar-refractivity contribution in [3.05, 3.63) is 83.0 Å². The summed E-state index contributed by atoms with van der Waals surface area (Å²) >= 11 is 6.17. The number of sulfone groups is 1. The van der Waals surface area contributed by atoms with Crippen LogP contribution in [0.25, 0.3) is 0 Å². The average molecular weight is 515 g/mol. The van der Waals surface area contributed by atoms with Crippen LogP contribution in [0.3, 0.4) is 0 Å². The lowest BCUT2D eigenvalue weighted by molar-refractivity contribution is -0.263. The Morgan fingerprint density at radius 2 is 1.74 bits per heavy atom. The third-order valence-corrected chi connectivity index (χ3v) is 7.06. The molecule has 7 nitrogen and oxygen atoms in total. The first kappa shape index (κ1) is 25.5. The Morgan fingerprint density at radius 1 is 1.09 bits per heavy atom. The molecule has 0 aliphatic carbocycles. The number of benzene rings is 2. The maximum Gasteiger partial charge on any atom is 0.419 e. The van der Waals surface area contributed by atoms with Gasteiger partial charge in [-0.05, 0) is 48.9 Å². The van der Waals surface area contributed by atoms with E-state index in [4.69, 9.17) is 11.6 Å². The van der Waals surface area contributed by atoms with Gasteiger partial charge in [0.1, 0.15) is 5.75 Å². The number of phenolic OH excluding ortho intramolecular Hbond substituents is 1. The number of rotatable bonds is 6. The molecule has 3 aromatic rings. The lowest BCUT2D eigenvalue weighted by atomic mass is 9.89. The number of aliphatic hydroxyl groups is 1. The van der Waals surface area contributed by atoms with Gasteiger partial charge in [-0.15, -0.1) is 0 Å². The van der Waals surface area contributed by atoms with Crippen molar-refractivity contribution < 1.29 is 36.6 Å². The number of nitrogens with one attached hydrogen (secondary N) is 1. The Bertz CT molecular complexity index is 1320. The molecule has 3 N–H and O–H groups in total. The number of phenols is 1. The molecule has 34 heavy (non-hydrogen) atoms. The summed E-state index contributed by atoms with van der Waals surface area (Å²) in [6, 6.07) is 10.0. The highest BCUT2D eigenvalue weighted by atomic mass is 35.5. The summed E-state index contributed by atoms with van der Waals surface area (Å²) in [5.41, 5.74) is -4.25. The van der Waals surface area contributed by atoms with Crippen LogP contribution in [-0.4, -0.2) is 41.3 Å². The van der Waals surface area contributed by atoms with Crippen molar-refractivity contribution in [1.82, 2.24) is 10.3 Å². The first-order chi connectivity index (χ1) is 15.8. The summed E-state index contributed by atoms with van der Waals surface area (Å²) in [4.78, 5) is 16.1. The second-order valence-corrected chi connectivity index (χ2v) is 9.73. The van der Waals surface area contributed by atoms with E-state index in [2.05, 4.69) is 10.3 Å². The number of aromatic nitrogens is 1. The number of aromatic hydroxyl groups is 1. The number of carbonyl (C=O) groups is 1. The molecule has 0 aliphatic rings. The van der Waals surface area contributed by atoms with Gasteiger partial charge in [0.25, 0.3) is 5.91 Å². The van der Waals surface area contributed by atoms with E-state index in [1.165, 1.54) is 42.6 Å². The highest BCUT2D eigenvalue weighted by Crippen LogP contribution is 2.42. The lowest BCUT2D eigenvalue weighted by Gasteiger charge is -2.35. The van der Waals surface area contributed by atoms with E-state index in [1.54, 1.807) is 0 Å². The third kappa shape index (κ3) is 4.86. The Morgan fingerprint density at radius 3 is 2.29 bits per heavy atom. The van der Waals surface area contributed by atoms with Crippen molar-refractivity contribution in [2.45, 2.75) is 34.7 Å². The van der Waals surface area contributed by atoms with Gasteiger partial charge in [0.05, 0.1) is 16.5 Å². The number of alkyl halides is 3. The summed E-state index contributed by atoms with van der Waals surface area (Å²) < 4.78 is 66.7. The minimum absolute atomic E-state index is 0.300. The standard InChI is InChI=1S/C22H18ClF3N2O5S/c1-21(31,22(24,25)26)19(28-20(30)15-6-2-3-7-17(15)29)14-10-9-13(12-16(14)23)34(32,33)18-8-4-5-11-27-18/h2-12,19,29,31H,1H3,(H,28,30). The van der Waals surface area contributed by atoms with Crippen LogP contribution in [0.4, 0.5) is 13.2 Å². The number of hydrogen-bond donors (Lipinski definition) is 3. The van der Waals surface area contributed by atoms with Crippen LogP contribution < -0.4 is 5.32 Å². The normalized spacial score (nSPS) is 14.8. The van der Waals surface area contributed by atoms with Crippen LogP contribution in [0.2, 0.25) is 5.02 Å². The number of pyridine rings is 1. The second-order valence-electron chi connectivity index (χ2n) is 7.42. The Kier molecular flexibility index (Phi) is 6.92. The predicted molar refractivity (Wildman–Crippen MR) is 116 cm³/mol. The molecular formula is C22H18ClF3N2O5S. The van der Waals surface area contributed by atoms with Gasteiger partial charge in [-0.25, -0.2) is 13.4 Å². The third-order valence-electron chi connectivity index (χ3n) is 5.07. The Balaban J connectivity index is 2.08. The van der Waals surface area contributed by atoms with E-state index in [0.29, 0.717) is 6.92 Å². The lowest BCUT2D eigenvalue weighted by Crippen LogP contribution is -2.53. The number of para-hydroxylation sites is 1. The predicted octanol–water partition coefficient (Wildman–Crippen LogP) is 4.06. The topological polar surface area (TPSA) is 117 Å². The average Bonchev–Trinajstić information content (AvgIpc) is 2.77. The molecule has 0 fully saturated rings. The molecule has 0 bridgehead atoms. The molecule has 0 saturated heterocycles. The number of amides is 1. The van der Waals surface area contributed by atoms with Crippen LogP contribution in [0.15, 0.2) is 76.8 Å². The first-order valence-corrected chi connectivity index (χ1v) is 11.5. The quantitative estimate of drug-likeness (QED) is 0.457. The SMILES string of the molecule is CC(O)(C(NC(=O)c1ccccc1O)c1ccc(S(=O)(=O)c2ccccn2)cc1Cl)C(F)(F)F. The molecular weight excluding hydrogens is 497 g/mol. The zero-order chi connectivity index (χ0) is 25.3. The number of carbonyl (C=O) groups excluding carboxylic acids is 1. The monoisotopic (exact) mass is 514 g/mol. The number of nitrogens with zero attached hydrogens (tertiary/aromatic N) is 1. The Labute approximate surface area is 197 Å². The number of hydrogen-bond acceptors (Lipinski definition) is 6. The Hall–Kier alpha value is -3.15. The fourth-order valence-corrected chi connectivity index (χ4v) is 4.67. The smallest absolute Gasteiger partial charge is 0.419 e. The minimum Gasteiger partial charge on any atom is -0.507 e. The van der Waals surface area contributed by atoms with Crippen LogP contribution in [0.1, 0.15) is 28.9 Å². The summed E-state index contributed by atoms with van der Waals surface area (Å²) in [5, 5.41) is 21.5. The molecule has 0 aliphatic heterocycles. The second kappa shape index (κ2) is 9.24. The first-order valence-electron chi connectivity index (χ1n) is 9.60. The molecule has 0 saturated carbocycles. The van der Waals surface area contributed by atoms with Crippen LogP contribution in [0.5, 0.6) is 5.75 Å². The van der Waals surface area contributed by atoms with Gasteiger partial charge in [0.2, 0.25) is 9.84 Å². The van der Waals surface area contributed by atoms with E-state index in [1.807, 2.05) is 0 Å². The number of halogens is 4. The summed E-state index contributed by atoms with van der Waals surface area (Å²) in [5.74, 6) is -1.61. The fourth-order valence-electron chi connectivity index (χ4n) is 3.10. The van der Waals surface area contributed by atoms with Gasteiger partial charge in [0, 0.05) is 11.2 Å². The van der Waals surface area contributed by atoms with Crippen LogP contribution >= 0.6 is 11.6 Å². The molecule has 12 heteroatoms. The summed E-state index contributed by atoms with van der Waals surface area (Å²) in [6.45, 7) is 0.442.